The summed E-state index contributed by atoms with van der Waals surface area (Å²) in [6.07, 6.45) is 0. The van der Waals surface area contributed by atoms with Crippen LogP contribution in [0.25, 0.3) is 0 Å². The Hall–Kier alpha value is -1.55. The first-order valence-electron chi connectivity index (χ1n) is 5.96. The van der Waals surface area contributed by atoms with E-state index < -0.39 is 23.5 Å². The summed E-state index contributed by atoms with van der Waals surface area (Å²) < 4.78 is 5.30. The summed E-state index contributed by atoms with van der Waals surface area (Å²) in [5.74, 6) is -1.12. The van der Waals surface area contributed by atoms with E-state index >= 15 is 0 Å². The van der Waals surface area contributed by atoms with Crippen LogP contribution in [0.1, 0.15) is 32.4 Å². The van der Waals surface area contributed by atoms with Crippen molar-refractivity contribution < 1.29 is 14.3 Å². The van der Waals surface area contributed by atoms with Gasteiger partial charge in [0, 0.05) is 0 Å². The normalized spacial score (nSPS) is 12.6. The van der Waals surface area contributed by atoms with E-state index in [0.29, 0.717) is 5.56 Å². The molecule has 0 aromatic heterocycles. The summed E-state index contributed by atoms with van der Waals surface area (Å²) in [7, 11) is 0. The van der Waals surface area contributed by atoms with Gasteiger partial charge in [-0.1, -0.05) is 30.3 Å². The largest absolute Gasteiger partial charge is 0.458 e. The first-order valence-corrected chi connectivity index (χ1v) is 6.50. The summed E-state index contributed by atoms with van der Waals surface area (Å²) in [4.78, 5) is 23.5. The fourth-order valence-electron chi connectivity index (χ4n) is 1.48. The molecule has 1 aromatic rings. The van der Waals surface area contributed by atoms with Gasteiger partial charge in [0.25, 0.3) is 0 Å². The molecule has 1 atom stereocenters. The molecule has 104 valence electrons. The van der Waals surface area contributed by atoms with Gasteiger partial charge in [0.2, 0.25) is 5.91 Å². The SMILES string of the molecule is CC(C)(C)OC(=O)[C@@H](NC(=O)CCl)c1ccccc1. The highest BCUT2D eigenvalue weighted by Gasteiger charge is 2.27. The maximum absolute atomic E-state index is 12.1. The van der Waals surface area contributed by atoms with E-state index in [-0.39, 0.29) is 5.88 Å². The molecule has 0 aliphatic heterocycles. The number of nitrogens with one attached hydrogen (secondary N) is 1. The number of benzene rings is 1. The molecule has 4 nitrogen and oxygen atoms in total. The maximum Gasteiger partial charge on any atom is 0.333 e. The smallest absolute Gasteiger partial charge is 0.333 e. The number of hydrogen-bond donors (Lipinski definition) is 1. The number of amides is 1. The number of halogens is 1. The molecule has 1 N–H and O–H groups in total. The van der Waals surface area contributed by atoms with E-state index in [2.05, 4.69) is 5.32 Å². The number of ether oxygens (including phenoxy) is 1. The Labute approximate surface area is 118 Å². The van der Waals surface area contributed by atoms with Crippen LogP contribution < -0.4 is 5.32 Å². The standard InChI is InChI=1S/C14H18ClNO3/c1-14(2,3)19-13(18)12(16-11(17)9-15)10-7-5-4-6-8-10/h4-8,12H,9H2,1-3H3,(H,16,17)/t12-/m0/s1. The van der Waals surface area contributed by atoms with E-state index in [1.807, 2.05) is 6.07 Å². The van der Waals surface area contributed by atoms with Crippen LogP contribution in [0, 0.1) is 0 Å². The average molecular weight is 284 g/mol. The molecule has 0 aliphatic rings. The van der Waals surface area contributed by atoms with Gasteiger partial charge in [-0.2, -0.15) is 0 Å². The number of hydrogen-bond acceptors (Lipinski definition) is 3. The highest BCUT2D eigenvalue weighted by atomic mass is 35.5. The molecule has 1 aromatic carbocycles. The fourth-order valence-corrected chi connectivity index (χ4v) is 1.56. The predicted octanol–water partition coefficient (Wildman–Crippen LogP) is 2.42. The molecule has 19 heavy (non-hydrogen) atoms. The molecule has 0 saturated heterocycles. The van der Waals surface area contributed by atoms with Gasteiger partial charge in [0.1, 0.15) is 11.5 Å². The topological polar surface area (TPSA) is 55.4 Å². The maximum atomic E-state index is 12.1. The second-order valence-electron chi connectivity index (χ2n) is 5.08. The first kappa shape index (κ1) is 15.5. The van der Waals surface area contributed by atoms with Crippen molar-refractivity contribution in [3.8, 4) is 0 Å². The summed E-state index contributed by atoms with van der Waals surface area (Å²) in [6, 6.07) is 8.08. The van der Waals surface area contributed by atoms with E-state index in [4.69, 9.17) is 16.3 Å². The van der Waals surface area contributed by atoms with Crippen molar-refractivity contribution in [2.24, 2.45) is 0 Å². The molecule has 0 bridgehead atoms. The Morgan fingerprint density at radius 2 is 1.84 bits per heavy atom. The minimum absolute atomic E-state index is 0.202. The van der Waals surface area contributed by atoms with Crippen LogP contribution in [-0.2, 0) is 14.3 Å². The molecular weight excluding hydrogens is 266 g/mol. The molecule has 0 spiro atoms. The zero-order valence-electron chi connectivity index (χ0n) is 11.3. The van der Waals surface area contributed by atoms with Crippen molar-refractivity contribution in [2.75, 3.05) is 5.88 Å². The lowest BCUT2D eigenvalue weighted by Crippen LogP contribution is -2.38. The summed E-state index contributed by atoms with van der Waals surface area (Å²) >= 11 is 5.46. The lowest BCUT2D eigenvalue weighted by molar-refractivity contribution is -0.158. The van der Waals surface area contributed by atoms with Gasteiger partial charge < -0.3 is 10.1 Å². The van der Waals surface area contributed by atoms with Crippen molar-refractivity contribution >= 4 is 23.5 Å². The molecule has 0 saturated carbocycles. The number of carbonyl (C=O) groups is 2. The minimum atomic E-state index is -0.841. The van der Waals surface area contributed by atoms with Crippen molar-refractivity contribution in [2.45, 2.75) is 32.4 Å². The average Bonchev–Trinajstić information content (AvgIpc) is 2.34. The Bertz CT molecular complexity index is 440. The summed E-state index contributed by atoms with van der Waals surface area (Å²) in [5, 5.41) is 2.56. The molecule has 5 heteroatoms. The van der Waals surface area contributed by atoms with Crippen LogP contribution in [0.3, 0.4) is 0 Å². The van der Waals surface area contributed by atoms with Crippen LogP contribution in [0.5, 0.6) is 0 Å². The Kier molecular flexibility index (Phi) is 5.36. The van der Waals surface area contributed by atoms with Gasteiger partial charge in [0.15, 0.2) is 6.04 Å². The third-order valence-corrected chi connectivity index (χ3v) is 2.44. The number of carbonyl (C=O) groups excluding carboxylic acids is 2. The van der Waals surface area contributed by atoms with E-state index in [9.17, 15) is 9.59 Å². The third-order valence-electron chi connectivity index (χ3n) is 2.20. The second kappa shape index (κ2) is 6.57. The molecule has 0 aliphatic carbocycles. The van der Waals surface area contributed by atoms with Crippen molar-refractivity contribution in [1.29, 1.82) is 0 Å². The number of alkyl halides is 1. The van der Waals surface area contributed by atoms with Gasteiger partial charge >= 0.3 is 5.97 Å². The van der Waals surface area contributed by atoms with Gasteiger partial charge in [-0.05, 0) is 26.3 Å². The summed E-state index contributed by atoms with van der Waals surface area (Å²) in [6.45, 7) is 5.32. The van der Waals surface area contributed by atoms with Crippen LogP contribution in [0.15, 0.2) is 30.3 Å². The zero-order chi connectivity index (χ0) is 14.5. The number of esters is 1. The highest BCUT2D eigenvalue weighted by Crippen LogP contribution is 2.18. The zero-order valence-corrected chi connectivity index (χ0v) is 12.0. The fraction of sp³-hybridized carbons (Fsp3) is 0.429. The van der Waals surface area contributed by atoms with Gasteiger partial charge in [-0.15, -0.1) is 11.6 Å². The highest BCUT2D eigenvalue weighted by molar-refractivity contribution is 6.27. The van der Waals surface area contributed by atoms with Crippen molar-refractivity contribution in [1.82, 2.24) is 5.32 Å². The van der Waals surface area contributed by atoms with Gasteiger partial charge in [0.05, 0.1) is 0 Å². The Morgan fingerprint density at radius 3 is 2.32 bits per heavy atom. The van der Waals surface area contributed by atoms with Crippen LogP contribution >= 0.6 is 11.6 Å². The van der Waals surface area contributed by atoms with Crippen LogP contribution in [0.2, 0.25) is 0 Å². The number of rotatable bonds is 4. The lowest BCUT2D eigenvalue weighted by Gasteiger charge is -2.24. The summed E-state index contributed by atoms with van der Waals surface area (Å²) in [5.41, 5.74) is 0.0470. The molecule has 0 fully saturated rings. The molecule has 1 amide bonds. The predicted molar refractivity (Wildman–Crippen MR) is 73.9 cm³/mol. The molecular formula is C14H18ClNO3. The monoisotopic (exact) mass is 283 g/mol. The third kappa shape index (κ3) is 5.30. The van der Waals surface area contributed by atoms with E-state index in [0.717, 1.165) is 0 Å². The molecule has 0 unspecified atom stereocenters. The van der Waals surface area contributed by atoms with Crippen molar-refractivity contribution in [3.05, 3.63) is 35.9 Å². The Balaban J connectivity index is 2.93. The lowest BCUT2D eigenvalue weighted by atomic mass is 10.1. The molecule has 0 heterocycles. The first-order chi connectivity index (χ1) is 8.83. The molecule has 0 radical (unpaired) electrons. The van der Waals surface area contributed by atoms with Crippen LogP contribution in [0.4, 0.5) is 0 Å². The van der Waals surface area contributed by atoms with Crippen LogP contribution in [-0.4, -0.2) is 23.4 Å². The molecule has 1 rings (SSSR count). The van der Waals surface area contributed by atoms with E-state index in [1.165, 1.54) is 0 Å². The Morgan fingerprint density at radius 1 is 1.26 bits per heavy atom. The van der Waals surface area contributed by atoms with E-state index in [1.54, 1.807) is 45.0 Å². The van der Waals surface area contributed by atoms with Crippen molar-refractivity contribution in [3.63, 3.8) is 0 Å². The second-order valence-corrected chi connectivity index (χ2v) is 5.35. The van der Waals surface area contributed by atoms with Gasteiger partial charge in [-0.3, -0.25) is 4.79 Å². The minimum Gasteiger partial charge on any atom is -0.458 e. The quantitative estimate of drug-likeness (QED) is 0.682. The van der Waals surface area contributed by atoms with Gasteiger partial charge in [-0.25, -0.2) is 4.79 Å².